The van der Waals surface area contributed by atoms with Crippen molar-refractivity contribution in [2.75, 3.05) is 31.5 Å². The number of carbonyl (C=O) groups is 2. The van der Waals surface area contributed by atoms with Crippen LogP contribution in [0.5, 0.6) is 0 Å². The lowest BCUT2D eigenvalue weighted by atomic mass is 10.0. The van der Waals surface area contributed by atoms with Crippen molar-refractivity contribution >= 4 is 23.7 Å². The van der Waals surface area contributed by atoms with Crippen LogP contribution in [0.4, 0.5) is 16.5 Å². The Hall–Kier alpha value is -3.14. The zero-order valence-electron chi connectivity index (χ0n) is 20.6. The summed E-state index contributed by atoms with van der Waals surface area (Å²) in [5.41, 5.74) is 4.36. The van der Waals surface area contributed by atoms with Crippen LogP contribution in [0.2, 0.25) is 0 Å². The first-order valence-electron chi connectivity index (χ1n) is 11.9. The van der Waals surface area contributed by atoms with Gasteiger partial charge >= 0.3 is 12.1 Å². The maximum Gasteiger partial charge on any atom is 0.410 e. The zero-order valence-corrected chi connectivity index (χ0v) is 20.6. The molecular weight excluding hydrogens is 436 g/mol. The van der Waals surface area contributed by atoms with Gasteiger partial charge in [-0.3, -0.25) is 9.69 Å². The lowest BCUT2D eigenvalue weighted by molar-refractivity contribution is -0.119. The number of hydrogen-bond acceptors (Lipinski definition) is 8. The standard InChI is InChI=1S/C24H34N6O4/c1-14(2)33-24(32)30-7-6-29(12-16(30)4)13-19-8-15(3)9-20(17(19)5)26-23-28-27-22(34-23)18-10-21(31)25-11-18/h8-9,14,16,18H,6-7,10-13H2,1-5H3,(H,25,31)(H,26,28)/t16-,18?/m0/s1. The van der Waals surface area contributed by atoms with Crippen LogP contribution in [0, 0.1) is 13.8 Å². The van der Waals surface area contributed by atoms with E-state index in [1.807, 2.05) is 18.7 Å². The van der Waals surface area contributed by atoms with Crippen molar-refractivity contribution in [3.63, 3.8) is 0 Å². The molecule has 184 valence electrons. The van der Waals surface area contributed by atoms with Crippen molar-refractivity contribution < 1.29 is 18.7 Å². The summed E-state index contributed by atoms with van der Waals surface area (Å²) in [5.74, 6) is 0.390. The van der Waals surface area contributed by atoms with Gasteiger partial charge in [0, 0.05) is 50.9 Å². The summed E-state index contributed by atoms with van der Waals surface area (Å²) in [6.45, 7) is 13.5. The molecule has 10 heteroatoms. The van der Waals surface area contributed by atoms with Crippen molar-refractivity contribution in [2.45, 2.75) is 65.6 Å². The van der Waals surface area contributed by atoms with E-state index in [4.69, 9.17) is 9.15 Å². The average molecular weight is 471 g/mol. The molecule has 3 heterocycles. The highest BCUT2D eigenvalue weighted by atomic mass is 16.6. The Bertz CT molecular complexity index is 1050. The van der Waals surface area contributed by atoms with Gasteiger partial charge < -0.3 is 24.7 Å². The van der Waals surface area contributed by atoms with Crippen LogP contribution >= 0.6 is 0 Å². The molecular formula is C24H34N6O4. The second-order valence-electron chi connectivity index (χ2n) is 9.58. The molecule has 2 aliphatic rings. The van der Waals surface area contributed by atoms with Crippen molar-refractivity contribution in [1.29, 1.82) is 0 Å². The van der Waals surface area contributed by atoms with E-state index in [-0.39, 0.29) is 30.1 Å². The number of rotatable bonds is 6. The Labute approximate surface area is 200 Å². The highest BCUT2D eigenvalue weighted by molar-refractivity contribution is 5.79. The number of ether oxygens (including phenoxy) is 1. The van der Waals surface area contributed by atoms with Gasteiger partial charge in [0.15, 0.2) is 0 Å². The largest absolute Gasteiger partial charge is 0.447 e. The number of hydrogen-bond donors (Lipinski definition) is 2. The number of aromatic nitrogens is 2. The van der Waals surface area contributed by atoms with Gasteiger partial charge in [-0.15, -0.1) is 5.10 Å². The summed E-state index contributed by atoms with van der Waals surface area (Å²) in [6.07, 6.45) is 0.0127. The van der Waals surface area contributed by atoms with Crippen LogP contribution in [0.1, 0.15) is 55.7 Å². The van der Waals surface area contributed by atoms with Crippen molar-refractivity contribution in [2.24, 2.45) is 0 Å². The Balaban J connectivity index is 1.42. The molecule has 2 fully saturated rings. The normalized spacial score (nSPS) is 21.1. The Kier molecular flexibility index (Phi) is 7.06. The summed E-state index contributed by atoms with van der Waals surface area (Å²) in [4.78, 5) is 28.0. The minimum Gasteiger partial charge on any atom is -0.447 e. The van der Waals surface area contributed by atoms with Crippen LogP contribution in [0.15, 0.2) is 16.5 Å². The molecule has 2 aliphatic heterocycles. The van der Waals surface area contributed by atoms with E-state index in [2.05, 4.69) is 58.6 Å². The molecule has 2 aromatic rings. The molecule has 2 atom stereocenters. The van der Waals surface area contributed by atoms with E-state index < -0.39 is 0 Å². The van der Waals surface area contributed by atoms with Gasteiger partial charge in [-0.25, -0.2) is 4.79 Å². The van der Waals surface area contributed by atoms with E-state index in [0.29, 0.717) is 31.4 Å². The predicted octanol–water partition coefficient (Wildman–Crippen LogP) is 3.08. The van der Waals surface area contributed by atoms with E-state index >= 15 is 0 Å². The smallest absolute Gasteiger partial charge is 0.410 e. The third-order valence-electron chi connectivity index (χ3n) is 6.35. The Morgan fingerprint density at radius 1 is 1.29 bits per heavy atom. The summed E-state index contributed by atoms with van der Waals surface area (Å²) in [5, 5.41) is 14.3. The molecule has 2 saturated heterocycles. The molecule has 0 saturated carbocycles. The summed E-state index contributed by atoms with van der Waals surface area (Å²) in [6, 6.07) is 4.65. The quantitative estimate of drug-likeness (QED) is 0.662. The highest BCUT2D eigenvalue weighted by Crippen LogP contribution is 2.28. The molecule has 0 radical (unpaired) electrons. The lowest BCUT2D eigenvalue weighted by Crippen LogP contribution is -2.54. The number of carbonyl (C=O) groups excluding carboxylic acids is 2. The second-order valence-corrected chi connectivity index (χ2v) is 9.58. The van der Waals surface area contributed by atoms with Gasteiger partial charge in [0.1, 0.15) is 0 Å². The monoisotopic (exact) mass is 470 g/mol. The van der Waals surface area contributed by atoms with Crippen molar-refractivity contribution in [3.8, 4) is 0 Å². The van der Waals surface area contributed by atoms with Gasteiger partial charge in [-0.2, -0.15) is 0 Å². The fraction of sp³-hybridized carbons (Fsp3) is 0.583. The van der Waals surface area contributed by atoms with E-state index in [9.17, 15) is 9.59 Å². The van der Waals surface area contributed by atoms with E-state index in [0.717, 1.165) is 36.4 Å². The molecule has 0 aliphatic carbocycles. The van der Waals surface area contributed by atoms with Crippen LogP contribution in [-0.2, 0) is 16.1 Å². The minimum atomic E-state index is -0.239. The molecule has 10 nitrogen and oxygen atoms in total. The summed E-state index contributed by atoms with van der Waals surface area (Å²) < 4.78 is 11.2. The lowest BCUT2D eigenvalue weighted by Gasteiger charge is -2.39. The van der Waals surface area contributed by atoms with Crippen LogP contribution < -0.4 is 10.6 Å². The minimum absolute atomic E-state index is 0.00356. The van der Waals surface area contributed by atoms with E-state index in [1.165, 1.54) is 5.56 Å². The van der Waals surface area contributed by atoms with Gasteiger partial charge in [-0.1, -0.05) is 11.2 Å². The number of benzene rings is 1. The Morgan fingerprint density at radius 3 is 2.76 bits per heavy atom. The maximum absolute atomic E-state index is 12.3. The number of amides is 2. The zero-order chi connectivity index (χ0) is 24.4. The third kappa shape index (κ3) is 5.49. The first kappa shape index (κ1) is 24.0. The van der Waals surface area contributed by atoms with Gasteiger partial charge in [0.2, 0.25) is 11.8 Å². The Morgan fingerprint density at radius 2 is 2.09 bits per heavy atom. The van der Waals surface area contributed by atoms with Crippen LogP contribution in [0.3, 0.4) is 0 Å². The van der Waals surface area contributed by atoms with Gasteiger partial charge in [0.25, 0.3) is 0 Å². The summed E-state index contributed by atoms with van der Waals surface area (Å²) >= 11 is 0. The number of piperazine rings is 1. The third-order valence-corrected chi connectivity index (χ3v) is 6.35. The van der Waals surface area contributed by atoms with Crippen molar-refractivity contribution in [1.82, 2.24) is 25.3 Å². The summed E-state index contributed by atoms with van der Waals surface area (Å²) in [7, 11) is 0. The SMILES string of the molecule is Cc1cc(CN2CCN(C(=O)OC(C)C)[C@@H](C)C2)c(C)c(Nc2nnc(C3CNC(=O)C3)o2)c1. The average Bonchev–Trinajstić information content (AvgIpc) is 3.40. The molecule has 0 spiro atoms. The molecule has 1 aromatic heterocycles. The highest BCUT2D eigenvalue weighted by Gasteiger charge is 2.30. The van der Waals surface area contributed by atoms with Crippen molar-refractivity contribution in [3.05, 3.63) is 34.7 Å². The molecule has 2 amide bonds. The molecule has 1 aromatic carbocycles. The van der Waals surface area contributed by atoms with Gasteiger partial charge in [0.05, 0.1) is 12.0 Å². The molecule has 1 unspecified atom stereocenters. The van der Waals surface area contributed by atoms with E-state index in [1.54, 1.807) is 0 Å². The predicted molar refractivity (Wildman–Crippen MR) is 127 cm³/mol. The number of aryl methyl sites for hydroxylation is 1. The number of nitrogens with one attached hydrogen (secondary N) is 2. The van der Waals surface area contributed by atoms with Crippen LogP contribution in [0.25, 0.3) is 0 Å². The molecule has 2 N–H and O–H groups in total. The van der Waals surface area contributed by atoms with Gasteiger partial charge in [-0.05, 0) is 57.4 Å². The first-order chi connectivity index (χ1) is 16.2. The molecule has 0 bridgehead atoms. The number of nitrogens with zero attached hydrogens (tertiary/aromatic N) is 4. The fourth-order valence-electron chi connectivity index (χ4n) is 4.53. The molecule has 34 heavy (non-hydrogen) atoms. The first-order valence-corrected chi connectivity index (χ1v) is 11.9. The van der Waals surface area contributed by atoms with Crippen LogP contribution in [-0.4, -0.2) is 70.3 Å². The molecule has 4 rings (SSSR count). The number of anilines is 2. The second kappa shape index (κ2) is 10.0. The topological polar surface area (TPSA) is 113 Å². The maximum atomic E-state index is 12.3. The fourth-order valence-corrected chi connectivity index (χ4v) is 4.53.